The van der Waals surface area contributed by atoms with Gasteiger partial charge in [0.05, 0.1) is 6.10 Å². The van der Waals surface area contributed by atoms with E-state index >= 15 is 0 Å². The molecule has 17 heavy (non-hydrogen) atoms. The standard InChI is InChI=1S/C9H14N2O6/c12-2-3-1-9(6(15)5(14)4(3)13)7(16)10-8(17)11-9/h3-6,12-15H,1-2H2,(H2,10,11,16,17)/t3-,4-,5+,6-,9-/m1/s1. The van der Waals surface area contributed by atoms with Gasteiger partial charge in [-0.25, -0.2) is 4.79 Å². The van der Waals surface area contributed by atoms with Crippen molar-refractivity contribution >= 4 is 11.9 Å². The highest BCUT2D eigenvalue weighted by Gasteiger charge is 2.60. The summed E-state index contributed by atoms with van der Waals surface area (Å²) in [5, 5.41) is 42.3. The molecule has 96 valence electrons. The van der Waals surface area contributed by atoms with E-state index in [0.29, 0.717) is 0 Å². The first-order chi connectivity index (χ1) is 7.92. The number of aliphatic hydroxyl groups is 4. The van der Waals surface area contributed by atoms with Crippen LogP contribution in [0.1, 0.15) is 6.42 Å². The molecule has 0 bridgehead atoms. The summed E-state index contributed by atoms with van der Waals surface area (Å²) < 4.78 is 0. The molecule has 2 rings (SSSR count). The van der Waals surface area contributed by atoms with Crippen molar-refractivity contribution in [3.8, 4) is 0 Å². The summed E-state index contributed by atoms with van der Waals surface area (Å²) in [6, 6.07) is -0.769. The maximum absolute atomic E-state index is 11.7. The third-order valence-corrected chi connectivity index (χ3v) is 3.45. The summed E-state index contributed by atoms with van der Waals surface area (Å²) in [4.78, 5) is 22.8. The van der Waals surface area contributed by atoms with E-state index in [1.807, 2.05) is 5.32 Å². The molecule has 1 heterocycles. The number of hydrogen-bond donors (Lipinski definition) is 6. The van der Waals surface area contributed by atoms with E-state index in [1.165, 1.54) is 0 Å². The van der Waals surface area contributed by atoms with Crippen molar-refractivity contribution in [3.05, 3.63) is 0 Å². The lowest BCUT2D eigenvalue weighted by Crippen LogP contribution is -2.68. The molecule has 1 aliphatic heterocycles. The monoisotopic (exact) mass is 246 g/mol. The van der Waals surface area contributed by atoms with Crippen LogP contribution in [0, 0.1) is 5.92 Å². The van der Waals surface area contributed by atoms with Gasteiger partial charge >= 0.3 is 6.03 Å². The van der Waals surface area contributed by atoms with Crippen LogP contribution in [0.5, 0.6) is 0 Å². The molecule has 8 heteroatoms. The van der Waals surface area contributed by atoms with Crippen LogP contribution >= 0.6 is 0 Å². The Balaban J connectivity index is 2.34. The number of carbonyl (C=O) groups is 2. The summed E-state index contributed by atoms with van der Waals surface area (Å²) in [6.45, 7) is -0.462. The smallest absolute Gasteiger partial charge is 0.322 e. The molecule has 0 aromatic heterocycles. The van der Waals surface area contributed by atoms with Gasteiger partial charge in [-0.15, -0.1) is 0 Å². The lowest BCUT2D eigenvalue weighted by Gasteiger charge is -2.44. The van der Waals surface area contributed by atoms with E-state index in [2.05, 4.69) is 5.32 Å². The quantitative estimate of drug-likeness (QED) is 0.267. The first kappa shape index (κ1) is 12.2. The van der Waals surface area contributed by atoms with Crippen molar-refractivity contribution in [1.82, 2.24) is 10.6 Å². The van der Waals surface area contributed by atoms with Crippen LogP contribution in [0.3, 0.4) is 0 Å². The Morgan fingerprint density at radius 1 is 1.24 bits per heavy atom. The lowest BCUT2D eigenvalue weighted by atomic mass is 9.71. The van der Waals surface area contributed by atoms with Gasteiger partial charge in [0.2, 0.25) is 0 Å². The zero-order chi connectivity index (χ0) is 12.8. The Kier molecular flexibility index (Phi) is 2.82. The van der Waals surface area contributed by atoms with Crippen molar-refractivity contribution in [2.75, 3.05) is 6.61 Å². The highest BCUT2D eigenvalue weighted by atomic mass is 16.4. The third-order valence-electron chi connectivity index (χ3n) is 3.45. The number of rotatable bonds is 1. The minimum absolute atomic E-state index is 0.138. The molecule has 1 spiro atoms. The van der Waals surface area contributed by atoms with Gasteiger partial charge in [0.1, 0.15) is 17.7 Å². The maximum Gasteiger partial charge on any atom is 0.322 e. The molecule has 2 aliphatic rings. The molecular weight excluding hydrogens is 232 g/mol. The molecule has 1 aliphatic carbocycles. The van der Waals surface area contributed by atoms with Crippen molar-refractivity contribution in [2.45, 2.75) is 30.3 Å². The Morgan fingerprint density at radius 3 is 2.35 bits per heavy atom. The van der Waals surface area contributed by atoms with E-state index in [4.69, 9.17) is 5.11 Å². The summed E-state index contributed by atoms with van der Waals surface area (Å²) in [5.74, 6) is -1.56. The van der Waals surface area contributed by atoms with Gasteiger partial charge in [0, 0.05) is 12.5 Å². The second-order valence-electron chi connectivity index (χ2n) is 4.45. The minimum Gasteiger partial charge on any atom is -0.396 e. The van der Waals surface area contributed by atoms with Crippen LogP contribution in [0.15, 0.2) is 0 Å². The molecule has 6 N–H and O–H groups in total. The fraction of sp³-hybridized carbons (Fsp3) is 0.778. The minimum atomic E-state index is -1.68. The second kappa shape index (κ2) is 3.91. The summed E-state index contributed by atoms with van der Waals surface area (Å²) >= 11 is 0. The topological polar surface area (TPSA) is 139 Å². The number of urea groups is 1. The molecule has 8 nitrogen and oxygen atoms in total. The van der Waals surface area contributed by atoms with Gasteiger partial charge in [0.15, 0.2) is 0 Å². The highest BCUT2D eigenvalue weighted by molar-refractivity contribution is 6.07. The molecular formula is C9H14N2O6. The van der Waals surface area contributed by atoms with E-state index in [1.54, 1.807) is 0 Å². The van der Waals surface area contributed by atoms with Crippen LogP contribution < -0.4 is 10.6 Å². The first-order valence-electron chi connectivity index (χ1n) is 5.21. The third kappa shape index (κ3) is 1.61. The van der Waals surface area contributed by atoms with E-state index in [9.17, 15) is 24.9 Å². The number of nitrogens with one attached hydrogen (secondary N) is 2. The SMILES string of the molecule is O=C1NC(=O)[C@]2(C[C@H](CO)[C@@H](O)[C@H](O)[C@H]2O)N1. The van der Waals surface area contributed by atoms with Crippen molar-refractivity contribution in [2.24, 2.45) is 5.92 Å². The van der Waals surface area contributed by atoms with Gasteiger partial charge in [-0.2, -0.15) is 0 Å². The molecule has 5 atom stereocenters. The highest BCUT2D eigenvalue weighted by Crippen LogP contribution is 2.35. The average molecular weight is 246 g/mol. The number of imide groups is 1. The molecule has 0 radical (unpaired) electrons. The molecule has 0 aromatic carbocycles. The van der Waals surface area contributed by atoms with Crippen LogP contribution in [0.4, 0.5) is 4.79 Å². The number of hydrogen-bond acceptors (Lipinski definition) is 6. The lowest BCUT2D eigenvalue weighted by molar-refractivity contribution is -0.164. The van der Waals surface area contributed by atoms with Crippen LogP contribution in [0.2, 0.25) is 0 Å². The zero-order valence-electron chi connectivity index (χ0n) is 8.83. The largest absolute Gasteiger partial charge is 0.396 e. The Hall–Kier alpha value is -1.22. The summed E-state index contributed by atoms with van der Waals surface area (Å²) in [6.07, 6.45) is -4.71. The Labute approximate surface area is 96.2 Å². The number of carbonyl (C=O) groups excluding carboxylic acids is 2. The zero-order valence-corrected chi connectivity index (χ0v) is 8.83. The predicted octanol–water partition coefficient (Wildman–Crippen LogP) is -3.34. The van der Waals surface area contributed by atoms with E-state index < -0.39 is 48.3 Å². The molecule has 2 fully saturated rings. The first-order valence-corrected chi connectivity index (χ1v) is 5.21. The Morgan fingerprint density at radius 2 is 1.88 bits per heavy atom. The Bertz CT molecular complexity index is 359. The van der Waals surface area contributed by atoms with Crippen LogP contribution in [-0.4, -0.2) is 62.8 Å². The molecule has 0 unspecified atom stereocenters. The van der Waals surface area contributed by atoms with Gasteiger partial charge in [-0.3, -0.25) is 10.1 Å². The summed E-state index contributed by atoms with van der Waals surface area (Å²) in [5.41, 5.74) is -1.68. The van der Waals surface area contributed by atoms with Crippen LogP contribution in [0.25, 0.3) is 0 Å². The maximum atomic E-state index is 11.7. The normalized spacial score (nSPS) is 45.9. The van der Waals surface area contributed by atoms with Gasteiger partial charge in [-0.05, 0) is 6.42 Å². The van der Waals surface area contributed by atoms with Crippen molar-refractivity contribution in [1.29, 1.82) is 0 Å². The second-order valence-corrected chi connectivity index (χ2v) is 4.45. The number of aliphatic hydroxyl groups excluding tert-OH is 4. The predicted molar refractivity (Wildman–Crippen MR) is 52.6 cm³/mol. The van der Waals surface area contributed by atoms with Crippen molar-refractivity contribution in [3.63, 3.8) is 0 Å². The van der Waals surface area contributed by atoms with Crippen molar-refractivity contribution < 1.29 is 30.0 Å². The van der Waals surface area contributed by atoms with E-state index in [0.717, 1.165) is 0 Å². The molecule has 1 saturated heterocycles. The molecule has 1 saturated carbocycles. The van der Waals surface area contributed by atoms with Gasteiger partial charge < -0.3 is 25.7 Å². The average Bonchev–Trinajstić information content (AvgIpc) is 2.57. The fourth-order valence-electron chi connectivity index (χ4n) is 2.44. The summed E-state index contributed by atoms with van der Waals surface area (Å²) in [7, 11) is 0. The molecule has 3 amide bonds. The fourth-order valence-corrected chi connectivity index (χ4v) is 2.44. The van der Waals surface area contributed by atoms with Gasteiger partial charge in [-0.1, -0.05) is 0 Å². The van der Waals surface area contributed by atoms with E-state index in [-0.39, 0.29) is 6.42 Å². The van der Waals surface area contributed by atoms with Gasteiger partial charge in [0.25, 0.3) is 5.91 Å². The van der Waals surface area contributed by atoms with Crippen LogP contribution in [-0.2, 0) is 4.79 Å². The number of amides is 3. The molecule has 0 aromatic rings.